The number of aromatic amines is 1. The van der Waals surface area contributed by atoms with Crippen molar-refractivity contribution in [2.75, 3.05) is 0 Å². The molecule has 1 saturated carbocycles. The van der Waals surface area contributed by atoms with Crippen molar-refractivity contribution in [1.82, 2.24) is 0 Å². The molecular weight excluding hydrogens is 265 g/mol. The van der Waals surface area contributed by atoms with Gasteiger partial charge >= 0.3 is 0 Å². The normalized spacial score (nSPS) is 19.0. The minimum atomic E-state index is 0.559. The van der Waals surface area contributed by atoms with E-state index in [0.717, 1.165) is 5.82 Å². The summed E-state index contributed by atoms with van der Waals surface area (Å²) in [5.41, 5.74) is 5.65. The van der Waals surface area contributed by atoms with Crippen LogP contribution in [-0.4, -0.2) is 6.71 Å². The molecule has 1 aliphatic carbocycles. The Morgan fingerprint density at radius 1 is 0.818 bits per heavy atom. The average molecular weight is 289 g/mol. The molecule has 1 nitrogen and oxygen atoms in total. The van der Waals surface area contributed by atoms with Crippen LogP contribution in [0.25, 0.3) is 11.1 Å². The zero-order valence-corrected chi connectivity index (χ0v) is 13.2. The highest BCUT2D eigenvalue weighted by molar-refractivity contribution is 6.79. The summed E-state index contributed by atoms with van der Waals surface area (Å²) in [6, 6.07) is 13.3. The summed E-state index contributed by atoms with van der Waals surface area (Å²) in [5.74, 6) is 0.797. The maximum absolute atomic E-state index is 3.58. The monoisotopic (exact) mass is 289 g/mol. The number of rotatable bonds is 1. The predicted octanol–water partition coefficient (Wildman–Crippen LogP) is 4.09. The van der Waals surface area contributed by atoms with Crippen molar-refractivity contribution in [3.8, 4) is 11.1 Å². The van der Waals surface area contributed by atoms with Crippen molar-refractivity contribution >= 4 is 12.3 Å². The van der Waals surface area contributed by atoms with Crippen molar-refractivity contribution in [3.63, 3.8) is 0 Å². The smallest absolute Gasteiger partial charge is 0.224 e. The zero-order valence-electron chi connectivity index (χ0n) is 13.2. The highest BCUT2D eigenvalue weighted by Gasteiger charge is 2.38. The lowest BCUT2D eigenvalue weighted by molar-refractivity contribution is -0.355. The first-order valence-electron chi connectivity index (χ1n) is 8.88. The van der Waals surface area contributed by atoms with E-state index in [9.17, 15) is 0 Å². The molecule has 2 heteroatoms. The molecule has 4 rings (SSSR count). The first-order chi connectivity index (χ1) is 10.9. The van der Waals surface area contributed by atoms with Crippen LogP contribution in [0.3, 0.4) is 0 Å². The summed E-state index contributed by atoms with van der Waals surface area (Å²) >= 11 is 0. The van der Waals surface area contributed by atoms with Crippen LogP contribution in [-0.2, 0) is 0 Å². The lowest BCUT2D eigenvalue weighted by Crippen LogP contribution is -2.49. The standard InChI is InChI=1S/C20H23BN/c1-2-4-10-17(11-5-3-1)21-15-16-9-6-7-12-18(16)19-13-8-14-22-20(19)21/h6-9,12-15,17H,1-5,10-11H2/p+1. The molecular formula is C20H24BN+. The minimum absolute atomic E-state index is 0.559. The van der Waals surface area contributed by atoms with E-state index < -0.39 is 0 Å². The Morgan fingerprint density at radius 3 is 2.41 bits per heavy atom. The molecule has 0 spiro atoms. The third-order valence-electron chi connectivity index (χ3n) is 5.49. The summed E-state index contributed by atoms with van der Waals surface area (Å²) in [5, 5.41) is 0. The summed E-state index contributed by atoms with van der Waals surface area (Å²) in [7, 11) is 0. The van der Waals surface area contributed by atoms with Gasteiger partial charge in [-0.25, -0.2) is 4.98 Å². The first-order valence-corrected chi connectivity index (χ1v) is 8.88. The molecule has 0 atom stereocenters. The maximum Gasteiger partial charge on any atom is 0.272 e. The number of benzene rings is 1. The van der Waals surface area contributed by atoms with Gasteiger partial charge in [0.2, 0.25) is 0 Å². The highest BCUT2D eigenvalue weighted by atomic mass is 14.7. The Hall–Kier alpha value is -1.57. The van der Waals surface area contributed by atoms with Crippen LogP contribution in [0.15, 0.2) is 42.6 Å². The van der Waals surface area contributed by atoms with Gasteiger partial charge in [-0.2, -0.15) is 0 Å². The Bertz CT molecular complexity index is 644. The van der Waals surface area contributed by atoms with Gasteiger partial charge in [0.25, 0.3) is 6.71 Å². The van der Waals surface area contributed by atoms with Crippen LogP contribution in [0.1, 0.15) is 50.5 Å². The molecule has 1 aliphatic heterocycles. The SMILES string of the molecule is [CH]1B(C2CCCCCCC2)c2[nH+]cccc2-c2ccccc21. The van der Waals surface area contributed by atoms with E-state index in [0.29, 0.717) is 6.71 Å². The average Bonchev–Trinajstić information content (AvgIpc) is 2.54. The number of nitrogens with one attached hydrogen (secondary N) is 1. The predicted molar refractivity (Wildman–Crippen MR) is 93.3 cm³/mol. The second-order valence-electron chi connectivity index (χ2n) is 6.88. The molecule has 0 bridgehead atoms. The largest absolute Gasteiger partial charge is 0.272 e. The quantitative estimate of drug-likeness (QED) is 0.702. The topological polar surface area (TPSA) is 14.1 Å². The van der Waals surface area contributed by atoms with Gasteiger partial charge in [0, 0.05) is 11.6 Å². The van der Waals surface area contributed by atoms with Crippen molar-refractivity contribution in [3.05, 3.63) is 54.5 Å². The molecule has 2 aliphatic rings. The number of hydrogen-bond acceptors (Lipinski definition) is 0. The molecule has 111 valence electrons. The fourth-order valence-corrected chi connectivity index (χ4v) is 4.34. The van der Waals surface area contributed by atoms with Gasteiger partial charge in [-0.15, -0.1) is 0 Å². The molecule has 0 unspecified atom stereocenters. The van der Waals surface area contributed by atoms with E-state index in [1.54, 1.807) is 0 Å². The van der Waals surface area contributed by atoms with E-state index in [-0.39, 0.29) is 0 Å². The zero-order chi connectivity index (χ0) is 14.8. The summed E-state index contributed by atoms with van der Waals surface area (Å²) in [4.78, 5) is 3.58. The first kappa shape index (κ1) is 14.1. The van der Waals surface area contributed by atoms with Crippen LogP contribution < -0.4 is 10.6 Å². The van der Waals surface area contributed by atoms with Crippen LogP contribution in [0.2, 0.25) is 5.82 Å². The summed E-state index contributed by atoms with van der Waals surface area (Å²) in [6.45, 7) is 0.559. The second kappa shape index (κ2) is 6.28. The van der Waals surface area contributed by atoms with E-state index in [4.69, 9.17) is 0 Å². The van der Waals surface area contributed by atoms with Gasteiger partial charge in [0.05, 0.1) is 0 Å². The Labute approximate surface area is 134 Å². The second-order valence-corrected chi connectivity index (χ2v) is 6.88. The Balaban J connectivity index is 1.72. The fraction of sp³-hybridized carbons (Fsp3) is 0.400. The molecule has 0 amide bonds. The number of aromatic nitrogens is 1. The van der Waals surface area contributed by atoms with E-state index in [2.05, 4.69) is 53.9 Å². The van der Waals surface area contributed by atoms with Crippen molar-refractivity contribution < 1.29 is 4.98 Å². The molecule has 0 saturated heterocycles. The van der Waals surface area contributed by atoms with Crippen LogP contribution in [0.5, 0.6) is 0 Å². The van der Waals surface area contributed by atoms with E-state index >= 15 is 0 Å². The van der Waals surface area contributed by atoms with E-state index in [1.807, 2.05) is 0 Å². The Kier molecular flexibility index (Phi) is 4.01. The van der Waals surface area contributed by atoms with Crippen LogP contribution in [0, 0.1) is 6.32 Å². The fourth-order valence-electron chi connectivity index (χ4n) is 4.34. The molecule has 1 N–H and O–H groups in total. The summed E-state index contributed by atoms with van der Waals surface area (Å²) in [6.07, 6.45) is 14.5. The van der Waals surface area contributed by atoms with Crippen LogP contribution in [0.4, 0.5) is 0 Å². The van der Waals surface area contributed by atoms with Gasteiger partial charge in [-0.1, -0.05) is 75.0 Å². The minimum Gasteiger partial charge on any atom is -0.224 e. The highest BCUT2D eigenvalue weighted by Crippen LogP contribution is 2.36. The number of hydrogen-bond donors (Lipinski definition) is 0. The number of H-pyrrole nitrogens is 1. The molecule has 1 aromatic heterocycles. The number of fused-ring (bicyclic) bond motifs is 3. The molecule has 2 aromatic rings. The molecule has 1 aromatic carbocycles. The van der Waals surface area contributed by atoms with Crippen molar-refractivity contribution in [2.24, 2.45) is 0 Å². The van der Waals surface area contributed by atoms with E-state index in [1.165, 1.54) is 67.2 Å². The van der Waals surface area contributed by atoms with Gasteiger partial charge in [-0.3, -0.25) is 0 Å². The maximum atomic E-state index is 3.58. The third kappa shape index (κ3) is 2.60. The molecule has 2 heterocycles. The van der Waals surface area contributed by atoms with Gasteiger partial charge < -0.3 is 0 Å². The Morgan fingerprint density at radius 2 is 1.55 bits per heavy atom. The lowest BCUT2D eigenvalue weighted by Gasteiger charge is -2.28. The van der Waals surface area contributed by atoms with Crippen molar-refractivity contribution in [2.45, 2.75) is 50.8 Å². The summed E-state index contributed by atoms with van der Waals surface area (Å²) < 4.78 is 0. The molecule has 22 heavy (non-hydrogen) atoms. The van der Waals surface area contributed by atoms with Gasteiger partial charge in [0.15, 0.2) is 6.20 Å². The lowest BCUT2D eigenvalue weighted by atomic mass is 9.32. The number of pyridine rings is 1. The molecule has 1 fully saturated rings. The molecule has 1 radical (unpaired) electrons. The third-order valence-corrected chi connectivity index (χ3v) is 5.49. The van der Waals surface area contributed by atoms with Gasteiger partial charge in [0.1, 0.15) is 5.59 Å². The van der Waals surface area contributed by atoms with Gasteiger partial charge in [-0.05, 0) is 23.5 Å². The van der Waals surface area contributed by atoms with Crippen LogP contribution >= 0.6 is 0 Å². The van der Waals surface area contributed by atoms with Crippen molar-refractivity contribution in [1.29, 1.82) is 0 Å².